The molecule has 0 unspecified atom stereocenters. The second kappa shape index (κ2) is 4.93. The van der Waals surface area contributed by atoms with Gasteiger partial charge in [0.25, 0.3) is 5.91 Å². The summed E-state index contributed by atoms with van der Waals surface area (Å²) in [6.07, 6.45) is 0. The van der Waals surface area contributed by atoms with Crippen molar-refractivity contribution in [2.24, 2.45) is 0 Å². The summed E-state index contributed by atoms with van der Waals surface area (Å²) >= 11 is 0. The first kappa shape index (κ1) is 12.8. The van der Waals surface area contributed by atoms with Crippen molar-refractivity contribution in [3.05, 3.63) is 53.6 Å². The van der Waals surface area contributed by atoms with Crippen molar-refractivity contribution < 1.29 is 18.7 Å². The molecule has 0 fully saturated rings. The Bertz CT molecular complexity index is 645. The van der Waals surface area contributed by atoms with E-state index in [1.807, 2.05) is 0 Å². The number of rotatable bonds is 2. The first-order chi connectivity index (χ1) is 8.97. The lowest BCUT2D eigenvalue weighted by Gasteiger charge is -2.07. The molecule has 2 aromatic carbocycles. The topological polar surface area (TPSA) is 75.4 Å². The second-order valence-electron chi connectivity index (χ2n) is 3.85. The molecule has 19 heavy (non-hydrogen) atoms. The fourth-order valence-corrected chi connectivity index (χ4v) is 1.47. The normalized spacial score (nSPS) is 10.2. The lowest BCUT2D eigenvalue weighted by atomic mass is 10.1. The average molecular weight is 264 g/mol. The summed E-state index contributed by atoms with van der Waals surface area (Å²) in [4.78, 5) is 11.8. The zero-order valence-corrected chi connectivity index (χ0v) is 9.65. The Hall–Kier alpha value is -2.63. The number of phenolic OH excluding ortho intramolecular Hbond substituents is 1. The molecule has 0 aromatic heterocycles. The van der Waals surface area contributed by atoms with Gasteiger partial charge in [0.15, 0.2) is 0 Å². The molecule has 0 spiro atoms. The summed E-state index contributed by atoms with van der Waals surface area (Å²) in [7, 11) is 0. The fraction of sp³-hybridized carbons (Fsp3) is 0. The molecule has 0 aliphatic carbocycles. The standard InChI is InChI=1S/C13H10F2N2O2/c14-8-2-4-11(9(15)6-8)17-13(19)7-1-3-10(16)12(18)5-7/h1-6,18H,16H2,(H,17,19). The van der Waals surface area contributed by atoms with Crippen LogP contribution >= 0.6 is 0 Å². The van der Waals surface area contributed by atoms with E-state index in [4.69, 9.17) is 5.73 Å². The maximum Gasteiger partial charge on any atom is 0.255 e. The number of phenols is 1. The minimum atomic E-state index is -0.881. The van der Waals surface area contributed by atoms with Crippen molar-refractivity contribution in [3.63, 3.8) is 0 Å². The Labute approximate surface area is 107 Å². The Kier molecular flexibility index (Phi) is 3.33. The van der Waals surface area contributed by atoms with Gasteiger partial charge in [0, 0.05) is 11.6 Å². The highest BCUT2D eigenvalue weighted by Crippen LogP contribution is 2.22. The zero-order valence-electron chi connectivity index (χ0n) is 9.65. The molecule has 0 atom stereocenters. The van der Waals surface area contributed by atoms with E-state index in [1.54, 1.807) is 0 Å². The minimum Gasteiger partial charge on any atom is -0.506 e. The Morgan fingerprint density at radius 2 is 1.89 bits per heavy atom. The maximum atomic E-state index is 13.3. The van der Waals surface area contributed by atoms with Crippen LogP contribution in [-0.4, -0.2) is 11.0 Å². The van der Waals surface area contributed by atoms with E-state index >= 15 is 0 Å². The summed E-state index contributed by atoms with van der Waals surface area (Å²) in [6.45, 7) is 0. The van der Waals surface area contributed by atoms with Crippen molar-refractivity contribution in [3.8, 4) is 5.75 Å². The van der Waals surface area contributed by atoms with Gasteiger partial charge in [0.05, 0.1) is 11.4 Å². The van der Waals surface area contributed by atoms with E-state index in [2.05, 4.69) is 5.32 Å². The number of anilines is 2. The number of amides is 1. The van der Waals surface area contributed by atoms with E-state index in [0.717, 1.165) is 18.2 Å². The van der Waals surface area contributed by atoms with Gasteiger partial charge < -0.3 is 16.2 Å². The third-order valence-corrected chi connectivity index (χ3v) is 2.47. The lowest BCUT2D eigenvalue weighted by molar-refractivity contribution is 0.102. The number of carbonyl (C=O) groups is 1. The largest absolute Gasteiger partial charge is 0.506 e. The molecular formula is C13H10F2N2O2. The van der Waals surface area contributed by atoms with Crippen molar-refractivity contribution in [1.29, 1.82) is 0 Å². The smallest absolute Gasteiger partial charge is 0.255 e. The molecule has 0 aliphatic heterocycles. The number of aromatic hydroxyl groups is 1. The molecule has 2 aromatic rings. The van der Waals surface area contributed by atoms with Crippen molar-refractivity contribution >= 4 is 17.3 Å². The molecule has 0 radical (unpaired) electrons. The van der Waals surface area contributed by atoms with Crippen LogP contribution in [0, 0.1) is 11.6 Å². The van der Waals surface area contributed by atoms with E-state index < -0.39 is 17.5 Å². The van der Waals surface area contributed by atoms with Crippen molar-refractivity contribution in [1.82, 2.24) is 0 Å². The second-order valence-corrected chi connectivity index (χ2v) is 3.85. The van der Waals surface area contributed by atoms with Crippen LogP contribution in [0.2, 0.25) is 0 Å². The number of halogens is 2. The Morgan fingerprint density at radius 3 is 2.53 bits per heavy atom. The number of carbonyl (C=O) groups excluding carboxylic acids is 1. The molecule has 0 saturated heterocycles. The number of nitrogens with one attached hydrogen (secondary N) is 1. The van der Waals surface area contributed by atoms with Crippen molar-refractivity contribution in [2.45, 2.75) is 0 Å². The highest BCUT2D eigenvalue weighted by Gasteiger charge is 2.11. The molecule has 1 amide bonds. The SMILES string of the molecule is Nc1ccc(C(=O)Nc2ccc(F)cc2F)cc1O. The summed E-state index contributed by atoms with van der Waals surface area (Å²) in [5, 5.41) is 11.6. The van der Waals surface area contributed by atoms with E-state index in [9.17, 15) is 18.7 Å². The number of nitrogens with two attached hydrogens (primary N) is 1. The van der Waals surface area contributed by atoms with Crippen LogP contribution in [0.25, 0.3) is 0 Å². The summed E-state index contributed by atoms with van der Waals surface area (Å²) < 4.78 is 26.1. The molecule has 0 aliphatic rings. The van der Waals surface area contributed by atoms with E-state index in [0.29, 0.717) is 6.07 Å². The first-order valence-corrected chi connectivity index (χ1v) is 5.32. The van der Waals surface area contributed by atoms with Gasteiger partial charge in [-0.05, 0) is 30.3 Å². The number of nitrogen functional groups attached to an aromatic ring is 1. The summed E-state index contributed by atoms with van der Waals surface area (Å²) in [6, 6.07) is 6.69. The number of hydrogen-bond acceptors (Lipinski definition) is 3. The van der Waals surface area contributed by atoms with Gasteiger partial charge in [0.2, 0.25) is 0 Å². The van der Waals surface area contributed by atoms with Crippen LogP contribution in [0.5, 0.6) is 5.75 Å². The lowest BCUT2D eigenvalue weighted by Crippen LogP contribution is -2.13. The highest BCUT2D eigenvalue weighted by atomic mass is 19.1. The summed E-state index contributed by atoms with van der Waals surface area (Å²) in [5.41, 5.74) is 5.48. The monoisotopic (exact) mass is 264 g/mol. The van der Waals surface area contributed by atoms with Gasteiger partial charge in [-0.1, -0.05) is 0 Å². The van der Waals surface area contributed by atoms with Crippen LogP contribution in [-0.2, 0) is 0 Å². The number of hydrogen-bond donors (Lipinski definition) is 3. The third-order valence-electron chi connectivity index (χ3n) is 2.47. The predicted molar refractivity (Wildman–Crippen MR) is 66.8 cm³/mol. The van der Waals surface area contributed by atoms with Gasteiger partial charge in [0.1, 0.15) is 17.4 Å². The van der Waals surface area contributed by atoms with Crippen LogP contribution in [0.1, 0.15) is 10.4 Å². The van der Waals surface area contributed by atoms with Gasteiger partial charge in [-0.2, -0.15) is 0 Å². The third kappa shape index (κ3) is 2.79. The van der Waals surface area contributed by atoms with Crippen LogP contribution < -0.4 is 11.1 Å². The molecule has 0 bridgehead atoms. The summed E-state index contributed by atoms with van der Waals surface area (Å²) in [5.74, 6) is -2.50. The Morgan fingerprint density at radius 1 is 1.16 bits per heavy atom. The van der Waals surface area contributed by atoms with Gasteiger partial charge in [-0.25, -0.2) is 8.78 Å². The average Bonchev–Trinajstić information content (AvgIpc) is 2.36. The van der Waals surface area contributed by atoms with Crippen LogP contribution in [0.3, 0.4) is 0 Å². The quantitative estimate of drug-likeness (QED) is 0.576. The predicted octanol–water partition coefficient (Wildman–Crippen LogP) is 2.50. The minimum absolute atomic E-state index is 0.107. The zero-order chi connectivity index (χ0) is 14.0. The first-order valence-electron chi connectivity index (χ1n) is 5.32. The van der Waals surface area contributed by atoms with Crippen LogP contribution in [0.4, 0.5) is 20.2 Å². The molecular weight excluding hydrogens is 254 g/mol. The van der Waals surface area contributed by atoms with E-state index in [-0.39, 0.29) is 22.7 Å². The van der Waals surface area contributed by atoms with Gasteiger partial charge in [-0.3, -0.25) is 4.79 Å². The molecule has 0 saturated carbocycles. The number of benzene rings is 2. The van der Waals surface area contributed by atoms with Gasteiger partial charge >= 0.3 is 0 Å². The van der Waals surface area contributed by atoms with Crippen LogP contribution in [0.15, 0.2) is 36.4 Å². The molecule has 4 nitrogen and oxygen atoms in total. The van der Waals surface area contributed by atoms with Crippen molar-refractivity contribution in [2.75, 3.05) is 11.1 Å². The molecule has 6 heteroatoms. The molecule has 2 rings (SSSR count). The molecule has 4 N–H and O–H groups in total. The van der Waals surface area contributed by atoms with E-state index in [1.165, 1.54) is 12.1 Å². The maximum absolute atomic E-state index is 13.3. The fourth-order valence-electron chi connectivity index (χ4n) is 1.47. The molecule has 0 heterocycles. The molecule has 98 valence electrons. The highest BCUT2D eigenvalue weighted by molar-refractivity contribution is 6.04. The van der Waals surface area contributed by atoms with Gasteiger partial charge in [-0.15, -0.1) is 0 Å². The Balaban J connectivity index is 2.23.